The summed E-state index contributed by atoms with van der Waals surface area (Å²) in [5.41, 5.74) is 0. The molecule has 0 N–H and O–H groups in total. The molecule has 0 aliphatic heterocycles. The highest BCUT2D eigenvalue weighted by molar-refractivity contribution is 9.10. The predicted molar refractivity (Wildman–Crippen MR) is 84.2 cm³/mol. The van der Waals surface area contributed by atoms with E-state index in [1.165, 1.54) is 27.8 Å². The maximum atomic E-state index is 14.0. The second kappa shape index (κ2) is 5.79. The molecule has 0 atom stereocenters. The quantitative estimate of drug-likeness (QED) is 0.774. The Labute approximate surface area is 135 Å². The van der Waals surface area contributed by atoms with Crippen LogP contribution in [0.2, 0.25) is 0 Å². The average Bonchev–Trinajstić information content (AvgIpc) is 3.11. The van der Waals surface area contributed by atoms with Gasteiger partial charge < -0.3 is 0 Å². The van der Waals surface area contributed by atoms with Crippen LogP contribution in [0.4, 0.5) is 4.39 Å². The van der Waals surface area contributed by atoms with E-state index in [1.54, 1.807) is 6.07 Å². The van der Waals surface area contributed by atoms with Crippen LogP contribution >= 0.6 is 27.3 Å². The van der Waals surface area contributed by atoms with Gasteiger partial charge in [0.05, 0.1) is 0 Å². The number of sulfonamides is 1. The monoisotopic (exact) mass is 389 g/mol. The number of benzene rings is 1. The molecule has 0 saturated heterocycles. The van der Waals surface area contributed by atoms with Gasteiger partial charge in [-0.05, 0) is 42.5 Å². The fourth-order valence-electron chi connectivity index (χ4n) is 2.14. The lowest BCUT2D eigenvalue weighted by molar-refractivity contribution is 0.398. The highest BCUT2D eigenvalue weighted by atomic mass is 79.9. The van der Waals surface area contributed by atoms with Crippen molar-refractivity contribution in [1.29, 1.82) is 0 Å². The van der Waals surface area contributed by atoms with E-state index in [9.17, 15) is 12.8 Å². The summed E-state index contributed by atoms with van der Waals surface area (Å²) in [5, 5.41) is 1.91. The smallest absolute Gasteiger partial charge is 0.207 e. The Morgan fingerprint density at radius 2 is 2.10 bits per heavy atom. The van der Waals surface area contributed by atoms with E-state index in [0.29, 0.717) is 11.0 Å². The number of rotatable bonds is 5. The average molecular weight is 390 g/mol. The normalized spacial score (nSPS) is 15.6. The van der Waals surface area contributed by atoms with Gasteiger partial charge in [0.1, 0.15) is 10.7 Å². The second-order valence-corrected chi connectivity index (χ2v) is 8.74. The molecule has 0 amide bonds. The van der Waals surface area contributed by atoms with Crippen LogP contribution in [0.25, 0.3) is 0 Å². The van der Waals surface area contributed by atoms with Crippen LogP contribution in [0.15, 0.2) is 45.1 Å². The van der Waals surface area contributed by atoms with Gasteiger partial charge in [-0.1, -0.05) is 22.0 Å². The van der Waals surface area contributed by atoms with Crippen molar-refractivity contribution in [3.05, 3.63) is 50.9 Å². The second-order valence-electron chi connectivity index (χ2n) is 4.94. The molecule has 0 spiro atoms. The molecule has 1 aliphatic rings. The van der Waals surface area contributed by atoms with Gasteiger partial charge in [-0.3, -0.25) is 0 Å². The number of hydrogen-bond acceptors (Lipinski definition) is 3. The molecule has 3 rings (SSSR count). The molecule has 1 saturated carbocycles. The minimum absolute atomic E-state index is 0.0138. The molecule has 0 bridgehead atoms. The van der Waals surface area contributed by atoms with Crippen LogP contribution in [0.3, 0.4) is 0 Å². The van der Waals surface area contributed by atoms with E-state index in [4.69, 9.17) is 0 Å². The third-order valence-corrected chi connectivity index (χ3v) is 6.61. The Hall–Kier alpha value is -0.760. The van der Waals surface area contributed by atoms with Gasteiger partial charge in [0.15, 0.2) is 0 Å². The number of hydrogen-bond donors (Lipinski definition) is 0. The van der Waals surface area contributed by atoms with Crippen molar-refractivity contribution in [3.8, 4) is 0 Å². The van der Waals surface area contributed by atoms with Gasteiger partial charge >= 0.3 is 0 Å². The highest BCUT2D eigenvalue weighted by Gasteiger charge is 2.39. The third-order valence-electron chi connectivity index (χ3n) is 3.33. The fraction of sp³-hybridized carbons (Fsp3) is 0.286. The molecule has 1 fully saturated rings. The largest absolute Gasteiger partial charge is 0.246 e. The molecule has 1 aliphatic carbocycles. The van der Waals surface area contributed by atoms with E-state index in [1.807, 2.05) is 17.5 Å². The lowest BCUT2D eigenvalue weighted by atomic mass is 10.3. The molecule has 0 radical (unpaired) electrons. The summed E-state index contributed by atoms with van der Waals surface area (Å²) in [6.07, 6.45) is 1.67. The van der Waals surface area contributed by atoms with Crippen LogP contribution in [0, 0.1) is 5.82 Å². The first-order valence-corrected chi connectivity index (χ1v) is 9.59. The van der Waals surface area contributed by atoms with E-state index < -0.39 is 15.8 Å². The van der Waals surface area contributed by atoms with Crippen molar-refractivity contribution in [3.63, 3.8) is 0 Å². The summed E-state index contributed by atoms with van der Waals surface area (Å²) in [6, 6.07) is 7.82. The lowest BCUT2D eigenvalue weighted by Crippen LogP contribution is -2.33. The van der Waals surface area contributed by atoms with Gasteiger partial charge in [-0.15, -0.1) is 11.3 Å². The fourth-order valence-corrected chi connectivity index (χ4v) is 4.97. The van der Waals surface area contributed by atoms with Crippen molar-refractivity contribution in [2.24, 2.45) is 0 Å². The van der Waals surface area contributed by atoms with Gasteiger partial charge in [0, 0.05) is 21.9 Å². The summed E-state index contributed by atoms with van der Waals surface area (Å²) < 4.78 is 41.5. The Morgan fingerprint density at radius 1 is 1.33 bits per heavy atom. The van der Waals surface area contributed by atoms with Crippen molar-refractivity contribution < 1.29 is 12.8 Å². The van der Waals surface area contributed by atoms with Crippen molar-refractivity contribution in [2.75, 3.05) is 0 Å². The van der Waals surface area contributed by atoms with Crippen molar-refractivity contribution in [1.82, 2.24) is 4.31 Å². The lowest BCUT2D eigenvalue weighted by Gasteiger charge is -2.21. The third kappa shape index (κ3) is 3.21. The summed E-state index contributed by atoms with van der Waals surface area (Å²) in [4.78, 5) is 0.706. The minimum Gasteiger partial charge on any atom is -0.207 e. The van der Waals surface area contributed by atoms with Crippen LogP contribution < -0.4 is 0 Å². The topological polar surface area (TPSA) is 37.4 Å². The van der Waals surface area contributed by atoms with Gasteiger partial charge in [-0.25, -0.2) is 12.8 Å². The molecule has 1 heterocycles. The Morgan fingerprint density at radius 3 is 2.67 bits per heavy atom. The Kier molecular flexibility index (Phi) is 4.18. The van der Waals surface area contributed by atoms with E-state index in [-0.39, 0.29) is 10.9 Å². The number of nitrogens with zero attached hydrogens (tertiary/aromatic N) is 1. The summed E-state index contributed by atoms with van der Waals surface area (Å²) in [7, 11) is -3.82. The maximum Gasteiger partial charge on any atom is 0.246 e. The van der Waals surface area contributed by atoms with Crippen LogP contribution in [-0.4, -0.2) is 18.8 Å². The maximum absolute atomic E-state index is 14.0. The van der Waals surface area contributed by atoms with Gasteiger partial charge in [-0.2, -0.15) is 4.31 Å². The molecule has 112 valence electrons. The van der Waals surface area contributed by atoms with Gasteiger partial charge in [0.2, 0.25) is 10.0 Å². The van der Waals surface area contributed by atoms with E-state index in [0.717, 1.165) is 17.7 Å². The number of halogens is 2. The Balaban J connectivity index is 1.97. The SMILES string of the molecule is O=S(=O)(c1ccc(Br)cc1F)N(Cc1cccs1)C1CC1. The van der Waals surface area contributed by atoms with Crippen molar-refractivity contribution in [2.45, 2.75) is 30.3 Å². The molecule has 1 aromatic carbocycles. The first-order chi connectivity index (χ1) is 9.98. The zero-order chi connectivity index (χ0) is 15.0. The summed E-state index contributed by atoms with van der Waals surface area (Å²) in [5.74, 6) is -0.721. The zero-order valence-corrected chi connectivity index (χ0v) is 14.2. The van der Waals surface area contributed by atoms with Crippen LogP contribution in [-0.2, 0) is 16.6 Å². The number of thiophene rings is 1. The molecule has 7 heteroatoms. The van der Waals surface area contributed by atoms with E-state index in [2.05, 4.69) is 15.9 Å². The minimum atomic E-state index is -3.82. The van der Waals surface area contributed by atoms with Gasteiger partial charge in [0.25, 0.3) is 0 Å². The molecule has 1 aromatic heterocycles. The highest BCUT2D eigenvalue weighted by Crippen LogP contribution is 2.35. The van der Waals surface area contributed by atoms with Crippen LogP contribution in [0.1, 0.15) is 17.7 Å². The predicted octanol–water partition coefficient (Wildman–Crippen LogP) is 4.00. The first kappa shape index (κ1) is 15.1. The molecule has 2 aromatic rings. The summed E-state index contributed by atoms with van der Waals surface area (Å²) in [6.45, 7) is 0.306. The first-order valence-electron chi connectivity index (χ1n) is 6.48. The van der Waals surface area contributed by atoms with Crippen LogP contribution in [0.5, 0.6) is 0 Å². The molecular weight excluding hydrogens is 377 g/mol. The van der Waals surface area contributed by atoms with E-state index >= 15 is 0 Å². The molecular formula is C14H13BrFNO2S2. The summed E-state index contributed by atoms with van der Waals surface area (Å²) >= 11 is 4.65. The zero-order valence-electron chi connectivity index (χ0n) is 11.0. The molecule has 21 heavy (non-hydrogen) atoms. The Bertz CT molecular complexity index is 742. The van der Waals surface area contributed by atoms with Crippen molar-refractivity contribution >= 4 is 37.3 Å². The molecule has 3 nitrogen and oxygen atoms in total. The molecule has 0 unspecified atom stereocenters. The standard InChI is InChI=1S/C14H13BrFNO2S2/c15-10-3-6-14(13(16)8-10)21(18,19)17(11-4-5-11)9-12-2-1-7-20-12/h1-3,6-8,11H,4-5,9H2.